The van der Waals surface area contributed by atoms with E-state index >= 15 is 0 Å². The standard InChI is InChI=1S/C21H23N3O2/c1-3-20(17-8-10-19(26-2)11-9-17)23-21(25)18-7-4-6-16(14-18)15-24-13-5-12-22-24/h4-14,20H,3,15H2,1-2H3,(H,23,25)/t20-/m0/s1. The molecule has 0 aliphatic rings. The SMILES string of the molecule is CC[C@H](NC(=O)c1cccc(Cn2cccn2)c1)c1ccc(OC)cc1. The minimum Gasteiger partial charge on any atom is -0.497 e. The molecule has 5 nitrogen and oxygen atoms in total. The van der Waals surface area contributed by atoms with E-state index in [1.54, 1.807) is 13.3 Å². The van der Waals surface area contributed by atoms with Crippen LogP contribution in [-0.4, -0.2) is 22.8 Å². The van der Waals surface area contributed by atoms with Gasteiger partial charge in [0.1, 0.15) is 5.75 Å². The molecule has 1 aromatic heterocycles. The summed E-state index contributed by atoms with van der Waals surface area (Å²) in [6.45, 7) is 2.70. The molecule has 3 aromatic rings. The molecule has 0 spiro atoms. The molecule has 2 aromatic carbocycles. The van der Waals surface area contributed by atoms with Gasteiger partial charge >= 0.3 is 0 Å². The summed E-state index contributed by atoms with van der Waals surface area (Å²) >= 11 is 0. The van der Waals surface area contributed by atoms with Crippen molar-refractivity contribution in [3.05, 3.63) is 83.7 Å². The van der Waals surface area contributed by atoms with E-state index in [1.165, 1.54) is 0 Å². The lowest BCUT2D eigenvalue weighted by molar-refractivity contribution is 0.0935. The maximum atomic E-state index is 12.7. The van der Waals surface area contributed by atoms with Crippen LogP contribution in [0.2, 0.25) is 0 Å². The Hall–Kier alpha value is -3.08. The van der Waals surface area contributed by atoms with E-state index in [0.717, 1.165) is 23.3 Å². The number of amides is 1. The zero-order valence-electron chi connectivity index (χ0n) is 15.1. The fraction of sp³-hybridized carbons (Fsp3) is 0.238. The van der Waals surface area contributed by atoms with Crippen LogP contribution in [0.15, 0.2) is 67.0 Å². The van der Waals surface area contributed by atoms with Crippen LogP contribution in [0, 0.1) is 0 Å². The molecule has 0 radical (unpaired) electrons. The lowest BCUT2D eigenvalue weighted by Gasteiger charge is -2.18. The van der Waals surface area contributed by atoms with Gasteiger partial charge in [-0.05, 0) is 47.9 Å². The number of carbonyl (C=O) groups excluding carboxylic acids is 1. The van der Waals surface area contributed by atoms with Gasteiger partial charge in [0.25, 0.3) is 5.91 Å². The number of nitrogens with zero attached hydrogens (tertiary/aromatic N) is 2. The van der Waals surface area contributed by atoms with Crippen molar-refractivity contribution in [2.45, 2.75) is 25.9 Å². The van der Waals surface area contributed by atoms with Gasteiger partial charge in [0.2, 0.25) is 0 Å². The van der Waals surface area contributed by atoms with E-state index in [1.807, 2.05) is 65.5 Å². The van der Waals surface area contributed by atoms with Crippen molar-refractivity contribution in [3.63, 3.8) is 0 Å². The second-order valence-corrected chi connectivity index (χ2v) is 6.11. The quantitative estimate of drug-likeness (QED) is 0.705. The zero-order chi connectivity index (χ0) is 18.4. The van der Waals surface area contributed by atoms with Crippen molar-refractivity contribution >= 4 is 5.91 Å². The van der Waals surface area contributed by atoms with Gasteiger partial charge in [0.15, 0.2) is 0 Å². The Morgan fingerprint density at radius 2 is 2.00 bits per heavy atom. The Kier molecular flexibility index (Phi) is 5.69. The first-order chi connectivity index (χ1) is 12.7. The van der Waals surface area contributed by atoms with Gasteiger partial charge in [-0.25, -0.2) is 0 Å². The first-order valence-electron chi connectivity index (χ1n) is 8.70. The molecule has 1 heterocycles. The molecule has 0 fully saturated rings. The molecule has 0 aliphatic heterocycles. The highest BCUT2D eigenvalue weighted by Crippen LogP contribution is 2.20. The van der Waals surface area contributed by atoms with Crippen molar-refractivity contribution < 1.29 is 9.53 Å². The normalized spacial score (nSPS) is 11.8. The summed E-state index contributed by atoms with van der Waals surface area (Å²) in [4.78, 5) is 12.7. The average Bonchev–Trinajstić information content (AvgIpc) is 3.19. The Morgan fingerprint density at radius 3 is 2.65 bits per heavy atom. The summed E-state index contributed by atoms with van der Waals surface area (Å²) in [6, 6.07) is 17.3. The van der Waals surface area contributed by atoms with Crippen LogP contribution in [0.4, 0.5) is 0 Å². The third-order valence-corrected chi connectivity index (χ3v) is 4.32. The number of hydrogen-bond donors (Lipinski definition) is 1. The molecular weight excluding hydrogens is 326 g/mol. The van der Waals surface area contributed by atoms with Gasteiger partial charge < -0.3 is 10.1 Å². The molecular formula is C21H23N3O2. The Balaban J connectivity index is 1.71. The molecule has 0 saturated heterocycles. The van der Waals surface area contributed by atoms with Crippen molar-refractivity contribution in [3.8, 4) is 5.75 Å². The third-order valence-electron chi connectivity index (χ3n) is 4.32. The van der Waals surface area contributed by atoms with E-state index in [0.29, 0.717) is 12.1 Å². The number of rotatable bonds is 7. The van der Waals surface area contributed by atoms with Crippen LogP contribution >= 0.6 is 0 Å². The second kappa shape index (κ2) is 8.34. The first-order valence-corrected chi connectivity index (χ1v) is 8.70. The minimum absolute atomic E-state index is 0.0387. The van der Waals surface area contributed by atoms with Crippen molar-refractivity contribution in [2.75, 3.05) is 7.11 Å². The number of methoxy groups -OCH3 is 1. The lowest BCUT2D eigenvalue weighted by atomic mass is 10.0. The van der Waals surface area contributed by atoms with E-state index in [-0.39, 0.29) is 11.9 Å². The highest BCUT2D eigenvalue weighted by Gasteiger charge is 2.14. The number of aromatic nitrogens is 2. The molecule has 0 saturated carbocycles. The Bertz CT molecular complexity index is 842. The fourth-order valence-corrected chi connectivity index (χ4v) is 2.89. The highest BCUT2D eigenvalue weighted by molar-refractivity contribution is 5.94. The topological polar surface area (TPSA) is 56.2 Å². The minimum atomic E-state index is -0.0741. The zero-order valence-corrected chi connectivity index (χ0v) is 15.1. The molecule has 1 amide bonds. The molecule has 1 atom stereocenters. The molecule has 0 unspecified atom stereocenters. The number of hydrogen-bond acceptors (Lipinski definition) is 3. The van der Waals surface area contributed by atoms with Gasteiger partial charge in [-0.1, -0.05) is 31.2 Å². The van der Waals surface area contributed by atoms with E-state index in [2.05, 4.69) is 17.3 Å². The number of carbonyl (C=O) groups is 1. The summed E-state index contributed by atoms with van der Waals surface area (Å²) in [5.41, 5.74) is 2.76. The predicted octanol–water partition coefficient (Wildman–Crippen LogP) is 3.82. The van der Waals surface area contributed by atoms with Gasteiger partial charge in [-0.3, -0.25) is 9.48 Å². The summed E-state index contributed by atoms with van der Waals surface area (Å²) in [7, 11) is 1.64. The van der Waals surface area contributed by atoms with Crippen LogP contribution in [-0.2, 0) is 6.54 Å². The highest BCUT2D eigenvalue weighted by atomic mass is 16.5. The summed E-state index contributed by atoms with van der Waals surface area (Å²) in [5, 5.41) is 7.33. The summed E-state index contributed by atoms with van der Waals surface area (Å²) in [6.07, 6.45) is 4.46. The predicted molar refractivity (Wildman–Crippen MR) is 101 cm³/mol. The van der Waals surface area contributed by atoms with Gasteiger partial charge in [-0.15, -0.1) is 0 Å². The third kappa shape index (κ3) is 4.30. The van der Waals surface area contributed by atoms with Crippen molar-refractivity contribution in [1.82, 2.24) is 15.1 Å². The average molecular weight is 349 g/mol. The summed E-state index contributed by atoms with van der Waals surface area (Å²) in [5.74, 6) is 0.733. The molecule has 0 bridgehead atoms. The Labute approximate surface area is 153 Å². The van der Waals surface area contributed by atoms with Gasteiger partial charge in [0, 0.05) is 18.0 Å². The van der Waals surface area contributed by atoms with Gasteiger partial charge in [0.05, 0.1) is 19.7 Å². The molecule has 0 aliphatic carbocycles. The molecule has 1 N–H and O–H groups in total. The number of ether oxygens (including phenoxy) is 1. The fourth-order valence-electron chi connectivity index (χ4n) is 2.89. The van der Waals surface area contributed by atoms with Crippen molar-refractivity contribution in [2.24, 2.45) is 0 Å². The van der Waals surface area contributed by atoms with E-state index in [4.69, 9.17) is 4.74 Å². The molecule has 134 valence electrons. The molecule has 3 rings (SSSR count). The van der Waals surface area contributed by atoms with Crippen LogP contribution in [0.25, 0.3) is 0 Å². The van der Waals surface area contributed by atoms with Crippen molar-refractivity contribution in [1.29, 1.82) is 0 Å². The summed E-state index contributed by atoms with van der Waals surface area (Å²) < 4.78 is 7.03. The molecule has 5 heteroatoms. The van der Waals surface area contributed by atoms with E-state index in [9.17, 15) is 4.79 Å². The smallest absolute Gasteiger partial charge is 0.251 e. The Morgan fingerprint density at radius 1 is 1.19 bits per heavy atom. The lowest BCUT2D eigenvalue weighted by Crippen LogP contribution is -2.28. The second-order valence-electron chi connectivity index (χ2n) is 6.11. The maximum absolute atomic E-state index is 12.7. The van der Waals surface area contributed by atoms with Crippen LogP contribution < -0.4 is 10.1 Å². The number of benzene rings is 2. The van der Waals surface area contributed by atoms with E-state index < -0.39 is 0 Å². The van der Waals surface area contributed by atoms with Gasteiger partial charge in [-0.2, -0.15) is 5.10 Å². The van der Waals surface area contributed by atoms with Crippen LogP contribution in [0.3, 0.4) is 0 Å². The maximum Gasteiger partial charge on any atom is 0.251 e. The number of nitrogens with one attached hydrogen (secondary N) is 1. The monoisotopic (exact) mass is 349 g/mol. The van der Waals surface area contributed by atoms with Crippen LogP contribution in [0.1, 0.15) is 40.9 Å². The first kappa shape index (κ1) is 17.7. The largest absolute Gasteiger partial charge is 0.497 e. The molecule has 26 heavy (non-hydrogen) atoms. The van der Waals surface area contributed by atoms with Crippen LogP contribution in [0.5, 0.6) is 5.75 Å².